The van der Waals surface area contributed by atoms with Gasteiger partial charge in [0, 0.05) is 12.8 Å². The molecular weight excluding hydrogens is 224 g/mol. The van der Waals surface area contributed by atoms with Gasteiger partial charge in [-0.3, -0.25) is 0 Å². The zero-order chi connectivity index (χ0) is 12.6. The molecule has 3 rings (SSSR count). The number of benzene rings is 1. The lowest BCUT2D eigenvalue weighted by Crippen LogP contribution is -2.33. The average Bonchev–Trinajstić information content (AvgIpc) is 2.67. The second-order valence-corrected chi connectivity index (χ2v) is 5.69. The third-order valence-electron chi connectivity index (χ3n) is 4.28. The summed E-state index contributed by atoms with van der Waals surface area (Å²) in [7, 11) is 0. The maximum Gasteiger partial charge on any atom is 0.169 e. The predicted octanol–water partition coefficient (Wildman–Crippen LogP) is 4.13. The Hall–Kier alpha value is -0.860. The summed E-state index contributed by atoms with van der Waals surface area (Å²) in [6.45, 7) is 4.29. The van der Waals surface area contributed by atoms with Crippen molar-refractivity contribution in [1.82, 2.24) is 0 Å². The van der Waals surface area contributed by atoms with Crippen molar-refractivity contribution >= 4 is 0 Å². The van der Waals surface area contributed by atoms with Gasteiger partial charge in [0.15, 0.2) is 5.79 Å². The first-order chi connectivity index (χ1) is 8.70. The van der Waals surface area contributed by atoms with E-state index in [0.29, 0.717) is 0 Å². The second-order valence-electron chi connectivity index (χ2n) is 5.69. The van der Waals surface area contributed by atoms with E-state index in [2.05, 4.69) is 38.1 Å². The molecule has 1 saturated carbocycles. The summed E-state index contributed by atoms with van der Waals surface area (Å²) in [5.41, 5.74) is 2.58. The molecule has 2 fully saturated rings. The molecule has 0 amide bonds. The van der Waals surface area contributed by atoms with E-state index in [-0.39, 0.29) is 18.0 Å². The SMILES string of the molecule is Cc1ccccc1[C@@H]1OC2(CCCCC2)O[C@H]1C. The average molecular weight is 246 g/mol. The zero-order valence-corrected chi connectivity index (χ0v) is 11.3. The largest absolute Gasteiger partial charge is 0.344 e. The number of rotatable bonds is 1. The Morgan fingerprint density at radius 2 is 1.78 bits per heavy atom. The minimum Gasteiger partial charge on any atom is -0.344 e. The highest BCUT2D eigenvalue weighted by molar-refractivity contribution is 5.29. The van der Waals surface area contributed by atoms with Crippen molar-refractivity contribution in [3.63, 3.8) is 0 Å². The smallest absolute Gasteiger partial charge is 0.169 e. The van der Waals surface area contributed by atoms with E-state index in [1.807, 2.05) is 0 Å². The van der Waals surface area contributed by atoms with Gasteiger partial charge in [-0.1, -0.05) is 30.7 Å². The lowest BCUT2D eigenvalue weighted by molar-refractivity contribution is -0.193. The first-order valence-electron chi connectivity index (χ1n) is 7.11. The van der Waals surface area contributed by atoms with Crippen molar-refractivity contribution in [2.75, 3.05) is 0 Å². The van der Waals surface area contributed by atoms with Crippen LogP contribution in [0.25, 0.3) is 0 Å². The van der Waals surface area contributed by atoms with Gasteiger partial charge in [-0.15, -0.1) is 0 Å². The van der Waals surface area contributed by atoms with Crippen molar-refractivity contribution in [1.29, 1.82) is 0 Å². The fourth-order valence-electron chi connectivity index (χ4n) is 3.30. The summed E-state index contributed by atoms with van der Waals surface area (Å²) in [4.78, 5) is 0. The molecule has 98 valence electrons. The highest BCUT2D eigenvalue weighted by Gasteiger charge is 2.46. The Kier molecular flexibility index (Phi) is 3.16. The molecule has 1 heterocycles. The van der Waals surface area contributed by atoms with Crippen LogP contribution in [0.1, 0.15) is 56.3 Å². The number of hydrogen-bond acceptors (Lipinski definition) is 2. The van der Waals surface area contributed by atoms with Crippen molar-refractivity contribution in [2.24, 2.45) is 0 Å². The zero-order valence-electron chi connectivity index (χ0n) is 11.3. The van der Waals surface area contributed by atoms with E-state index in [4.69, 9.17) is 9.47 Å². The summed E-state index contributed by atoms with van der Waals surface area (Å²) >= 11 is 0. The number of aryl methyl sites for hydroxylation is 1. The fraction of sp³-hybridized carbons (Fsp3) is 0.625. The summed E-state index contributed by atoms with van der Waals surface area (Å²) in [6.07, 6.45) is 6.14. The van der Waals surface area contributed by atoms with Gasteiger partial charge in [-0.25, -0.2) is 0 Å². The van der Waals surface area contributed by atoms with Crippen LogP contribution in [0.15, 0.2) is 24.3 Å². The topological polar surface area (TPSA) is 18.5 Å². The Morgan fingerprint density at radius 3 is 2.50 bits per heavy atom. The molecule has 1 spiro atoms. The van der Waals surface area contributed by atoms with E-state index >= 15 is 0 Å². The van der Waals surface area contributed by atoms with Crippen LogP contribution in [0.2, 0.25) is 0 Å². The monoisotopic (exact) mass is 246 g/mol. The highest BCUT2D eigenvalue weighted by atomic mass is 16.8. The maximum absolute atomic E-state index is 6.35. The molecular formula is C16H22O2. The third-order valence-corrected chi connectivity index (χ3v) is 4.28. The molecule has 0 N–H and O–H groups in total. The van der Waals surface area contributed by atoms with Crippen LogP contribution >= 0.6 is 0 Å². The van der Waals surface area contributed by atoms with E-state index in [1.54, 1.807) is 0 Å². The van der Waals surface area contributed by atoms with E-state index in [9.17, 15) is 0 Å². The normalized spacial score (nSPS) is 30.8. The van der Waals surface area contributed by atoms with Crippen molar-refractivity contribution in [3.8, 4) is 0 Å². The number of ether oxygens (including phenoxy) is 2. The summed E-state index contributed by atoms with van der Waals surface area (Å²) in [6, 6.07) is 8.49. The number of hydrogen-bond donors (Lipinski definition) is 0. The summed E-state index contributed by atoms with van der Waals surface area (Å²) in [5.74, 6) is -0.287. The van der Waals surface area contributed by atoms with Crippen LogP contribution in [0.3, 0.4) is 0 Å². The standard InChI is InChI=1S/C16H22O2/c1-12-8-4-5-9-14(12)15-13(2)17-16(18-15)10-6-3-7-11-16/h4-5,8-9,13,15H,3,6-7,10-11H2,1-2H3/t13-,15+/m0/s1. The molecule has 1 aliphatic carbocycles. The first kappa shape index (κ1) is 12.2. The molecule has 2 nitrogen and oxygen atoms in total. The Balaban J connectivity index is 1.84. The van der Waals surface area contributed by atoms with E-state index in [1.165, 1.54) is 30.4 Å². The molecule has 18 heavy (non-hydrogen) atoms. The maximum atomic E-state index is 6.35. The van der Waals surface area contributed by atoms with Gasteiger partial charge < -0.3 is 9.47 Å². The molecule has 1 aliphatic heterocycles. The van der Waals surface area contributed by atoms with Gasteiger partial charge in [0.2, 0.25) is 0 Å². The van der Waals surface area contributed by atoms with Gasteiger partial charge in [-0.05, 0) is 37.8 Å². The van der Waals surface area contributed by atoms with Crippen LogP contribution in [-0.4, -0.2) is 11.9 Å². The quantitative estimate of drug-likeness (QED) is 0.741. The molecule has 1 saturated heterocycles. The van der Waals surface area contributed by atoms with E-state index < -0.39 is 0 Å². The summed E-state index contributed by atoms with van der Waals surface area (Å²) in [5, 5.41) is 0. The van der Waals surface area contributed by atoms with Crippen LogP contribution < -0.4 is 0 Å². The van der Waals surface area contributed by atoms with Gasteiger partial charge >= 0.3 is 0 Å². The summed E-state index contributed by atoms with van der Waals surface area (Å²) < 4.78 is 12.5. The minimum atomic E-state index is -0.287. The highest BCUT2D eigenvalue weighted by Crippen LogP contribution is 2.46. The molecule has 0 unspecified atom stereocenters. The Bertz CT molecular complexity index is 421. The Labute approximate surface area is 109 Å². The van der Waals surface area contributed by atoms with Crippen molar-refractivity contribution in [2.45, 2.75) is 63.9 Å². The molecule has 1 aromatic carbocycles. The van der Waals surface area contributed by atoms with Crippen molar-refractivity contribution < 1.29 is 9.47 Å². The first-order valence-corrected chi connectivity index (χ1v) is 7.11. The minimum absolute atomic E-state index is 0.101. The van der Waals surface area contributed by atoms with Crippen LogP contribution in [0.5, 0.6) is 0 Å². The van der Waals surface area contributed by atoms with Crippen molar-refractivity contribution in [3.05, 3.63) is 35.4 Å². The fourth-order valence-corrected chi connectivity index (χ4v) is 3.30. The van der Waals surface area contributed by atoms with Gasteiger partial charge in [0.05, 0.1) is 6.10 Å². The van der Waals surface area contributed by atoms with Gasteiger partial charge in [-0.2, -0.15) is 0 Å². The van der Waals surface area contributed by atoms with Gasteiger partial charge in [0.1, 0.15) is 6.10 Å². The van der Waals surface area contributed by atoms with Gasteiger partial charge in [0.25, 0.3) is 0 Å². The molecule has 1 aromatic rings. The molecule has 2 heteroatoms. The molecule has 0 radical (unpaired) electrons. The van der Waals surface area contributed by atoms with Crippen LogP contribution in [0, 0.1) is 6.92 Å². The lowest BCUT2D eigenvalue weighted by atomic mass is 9.94. The molecule has 2 aliphatic rings. The third kappa shape index (κ3) is 2.08. The Morgan fingerprint density at radius 1 is 1.06 bits per heavy atom. The van der Waals surface area contributed by atoms with Crippen LogP contribution in [0.4, 0.5) is 0 Å². The second kappa shape index (κ2) is 4.67. The van der Waals surface area contributed by atoms with Crippen LogP contribution in [-0.2, 0) is 9.47 Å². The van der Waals surface area contributed by atoms with E-state index in [0.717, 1.165) is 12.8 Å². The molecule has 0 aromatic heterocycles. The molecule has 2 atom stereocenters. The molecule has 0 bridgehead atoms. The predicted molar refractivity (Wildman–Crippen MR) is 71.4 cm³/mol. The lowest BCUT2D eigenvalue weighted by Gasteiger charge is -2.32.